The number of fused-ring (bicyclic) bond motifs is 1. The van der Waals surface area contributed by atoms with Gasteiger partial charge in [-0.2, -0.15) is 0 Å². The van der Waals surface area contributed by atoms with Gasteiger partial charge in [0.25, 0.3) is 5.91 Å². The summed E-state index contributed by atoms with van der Waals surface area (Å²) in [4.78, 5) is 12.9. The Bertz CT molecular complexity index is 785. The van der Waals surface area contributed by atoms with Crippen LogP contribution in [-0.2, 0) is 17.6 Å². The van der Waals surface area contributed by atoms with Crippen molar-refractivity contribution in [3.8, 4) is 11.5 Å². The summed E-state index contributed by atoms with van der Waals surface area (Å²) in [6.07, 6.45) is 5.80. The molecule has 1 aliphatic carbocycles. The lowest BCUT2D eigenvalue weighted by atomic mass is 9.88. The zero-order valence-corrected chi connectivity index (χ0v) is 17.2. The molecule has 0 bridgehead atoms. The fourth-order valence-electron chi connectivity index (χ4n) is 3.80. The molecule has 150 valence electrons. The minimum absolute atomic E-state index is 0.00763. The first kappa shape index (κ1) is 20.2. The summed E-state index contributed by atoms with van der Waals surface area (Å²) in [5.74, 6) is 1.37. The van der Waals surface area contributed by atoms with Crippen LogP contribution in [0.3, 0.4) is 0 Å². The van der Waals surface area contributed by atoms with Gasteiger partial charge in [-0.15, -0.1) is 0 Å². The van der Waals surface area contributed by atoms with E-state index in [0.29, 0.717) is 12.2 Å². The van der Waals surface area contributed by atoms with Crippen LogP contribution in [0.2, 0.25) is 0 Å². The maximum Gasteiger partial charge on any atom is 0.261 e. The van der Waals surface area contributed by atoms with Crippen LogP contribution in [0.25, 0.3) is 0 Å². The Morgan fingerprint density at radius 1 is 0.964 bits per heavy atom. The molecule has 0 radical (unpaired) electrons. The topological polar surface area (TPSA) is 47.6 Å². The fourth-order valence-corrected chi connectivity index (χ4v) is 3.80. The molecule has 4 nitrogen and oxygen atoms in total. The summed E-state index contributed by atoms with van der Waals surface area (Å²) in [6.45, 7) is 4.07. The van der Waals surface area contributed by atoms with Crippen LogP contribution < -0.4 is 14.8 Å². The van der Waals surface area contributed by atoms with Crippen molar-refractivity contribution in [2.45, 2.75) is 64.5 Å². The van der Waals surface area contributed by atoms with Gasteiger partial charge in [0, 0.05) is 0 Å². The Kier molecular flexibility index (Phi) is 6.96. The van der Waals surface area contributed by atoms with Gasteiger partial charge in [0.15, 0.2) is 6.10 Å². The molecule has 0 saturated heterocycles. The third kappa shape index (κ3) is 4.86. The van der Waals surface area contributed by atoms with Crippen molar-refractivity contribution in [1.29, 1.82) is 0 Å². The van der Waals surface area contributed by atoms with Crippen LogP contribution >= 0.6 is 0 Å². The zero-order valence-electron chi connectivity index (χ0n) is 17.2. The molecule has 2 aromatic rings. The summed E-state index contributed by atoms with van der Waals surface area (Å²) < 4.78 is 11.1. The highest BCUT2D eigenvalue weighted by molar-refractivity contribution is 5.81. The second-order valence-electron chi connectivity index (χ2n) is 7.39. The highest BCUT2D eigenvalue weighted by atomic mass is 16.5. The molecular formula is C24H31NO3. The van der Waals surface area contributed by atoms with E-state index < -0.39 is 6.10 Å². The van der Waals surface area contributed by atoms with E-state index in [1.54, 1.807) is 7.11 Å². The normalized spacial score (nSPS) is 15.2. The number of nitrogens with one attached hydrogen (secondary N) is 1. The largest absolute Gasteiger partial charge is 0.497 e. The van der Waals surface area contributed by atoms with Crippen molar-refractivity contribution in [3.05, 3.63) is 59.2 Å². The second-order valence-corrected chi connectivity index (χ2v) is 7.39. The van der Waals surface area contributed by atoms with E-state index in [-0.39, 0.29) is 11.9 Å². The Hall–Kier alpha value is -2.49. The molecule has 0 spiro atoms. The molecule has 1 amide bonds. The molecule has 0 heterocycles. The Labute approximate surface area is 168 Å². The maximum atomic E-state index is 12.9. The van der Waals surface area contributed by atoms with Crippen LogP contribution in [0, 0.1) is 0 Å². The first-order valence-electron chi connectivity index (χ1n) is 10.4. The number of benzene rings is 2. The van der Waals surface area contributed by atoms with Crippen molar-refractivity contribution >= 4 is 5.91 Å². The molecule has 0 saturated carbocycles. The molecule has 2 atom stereocenters. The lowest BCUT2D eigenvalue weighted by Crippen LogP contribution is -2.40. The Balaban J connectivity index is 1.67. The minimum atomic E-state index is -0.514. The minimum Gasteiger partial charge on any atom is -0.497 e. The van der Waals surface area contributed by atoms with Crippen molar-refractivity contribution in [3.63, 3.8) is 0 Å². The monoisotopic (exact) mass is 381 g/mol. The van der Waals surface area contributed by atoms with Crippen molar-refractivity contribution in [2.75, 3.05) is 7.11 Å². The Morgan fingerprint density at radius 3 is 2.29 bits per heavy atom. The molecule has 0 aromatic heterocycles. The van der Waals surface area contributed by atoms with E-state index in [0.717, 1.165) is 18.6 Å². The number of carbonyl (C=O) groups excluding carboxylic acids is 1. The summed E-state index contributed by atoms with van der Waals surface area (Å²) in [7, 11) is 1.63. The van der Waals surface area contributed by atoms with Crippen LogP contribution in [-0.4, -0.2) is 19.1 Å². The van der Waals surface area contributed by atoms with Crippen molar-refractivity contribution < 1.29 is 14.3 Å². The number of aryl methyl sites for hydroxylation is 2. The number of hydrogen-bond donors (Lipinski definition) is 1. The molecule has 4 heteroatoms. The van der Waals surface area contributed by atoms with Crippen LogP contribution in [0.15, 0.2) is 42.5 Å². The zero-order chi connectivity index (χ0) is 19.9. The van der Waals surface area contributed by atoms with Crippen molar-refractivity contribution in [1.82, 2.24) is 5.32 Å². The molecule has 3 rings (SSSR count). The third-order valence-electron chi connectivity index (χ3n) is 5.50. The highest BCUT2D eigenvalue weighted by Crippen LogP contribution is 2.26. The average molecular weight is 382 g/mol. The maximum absolute atomic E-state index is 12.9. The Morgan fingerprint density at radius 2 is 1.64 bits per heavy atom. The number of amides is 1. The third-order valence-corrected chi connectivity index (χ3v) is 5.50. The van der Waals surface area contributed by atoms with Gasteiger partial charge in [0.05, 0.1) is 13.2 Å². The van der Waals surface area contributed by atoms with Gasteiger partial charge in [0.1, 0.15) is 11.5 Å². The van der Waals surface area contributed by atoms with Gasteiger partial charge in [-0.3, -0.25) is 4.79 Å². The van der Waals surface area contributed by atoms with E-state index in [9.17, 15) is 4.79 Å². The number of methoxy groups -OCH3 is 1. The van der Waals surface area contributed by atoms with Gasteiger partial charge in [0.2, 0.25) is 0 Å². The smallest absolute Gasteiger partial charge is 0.261 e. The molecule has 2 aromatic carbocycles. The number of carbonyl (C=O) groups is 1. The quantitative estimate of drug-likeness (QED) is 0.700. The summed E-state index contributed by atoms with van der Waals surface area (Å²) in [5.41, 5.74) is 4.10. The number of hydrogen-bond acceptors (Lipinski definition) is 3. The molecule has 0 fully saturated rings. The molecule has 0 aliphatic heterocycles. The summed E-state index contributed by atoms with van der Waals surface area (Å²) in [5, 5.41) is 3.19. The SMILES string of the molecule is CC[C@H](Oc1ccc(OC)cc1)C(=O)N[C@@H](CC)c1ccc2c(c1)CCCC2. The predicted molar refractivity (Wildman–Crippen MR) is 112 cm³/mol. The summed E-state index contributed by atoms with van der Waals surface area (Å²) in [6, 6.07) is 14.0. The van der Waals surface area contributed by atoms with E-state index in [1.165, 1.54) is 36.0 Å². The van der Waals surface area contributed by atoms with Gasteiger partial charge >= 0.3 is 0 Å². The molecular weight excluding hydrogens is 350 g/mol. The van der Waals surface area contributed by atoms with Crippen LogP contribution in [0.5, 0.6) is 11.5 Å². The van der Waals surface area contributed by atoms with Gasteiger partial charge in [-0.05, 0) is 79.5 Å². The van der Waals surface area contributed by atoms with E-state index in [2.05, 4.69) is 30.4 Å². The lowest BCUT2D eigenvalue weighted by Gasteiger charge is -2.24. The first-order chi connectivity index (χ1) is 13.6. The molecule has 28 heavy (non-hydrogen) atoms. The van der Waals surface area contributed by atoms with Gasteiger partial charge < -0.3 is 14.8 Å². The summed E-state index contributed by atoms with van der Waals surface area (Å²) >= 11 is 0. The van der Waals surface area contributed by atoms with E-state index in [1.807, 2.05) is 31.2 Å². The molecule has 1 N–H and O–H groups in total. The van der Waals surface area contributed by atoms with Gasteiger partial charge in [-0.25, -0.2) is 0 Å². The first-order valence-corrected chi connectivity index (χ1v) is 10.4. The van der Waals surface area contributed by atoms with Crippen LogP contribution in [0.4, 0.5) is 0 Å². The van der Waals surface area contributed by atoms with Crippen molar-refractivity contribution in [2.24, 2.45) is 0 Å². The molecule has 1 aliphatic rings. The van der Waals surface area contributed by atoms with Crippen LogP contribution in [0.1, 0.15) is 62.3 Å². The number of rotatable bonds is 8. The second kappa shape index (κ2) is 9.63. The average Bonchev–Trinajstić information content (AvgIpc) is 2.75. The fraction of sp³-hybridized carbons (Fsp3) is 0.458. The van der Waals surface area contributed by atoms with E-state index in [4.69, 9.17) is 9.47 Å². The highest BCUT2D eigenvalue weighted by Gasteiger charge is 2.22. The number of ether oxygens (including phenoxy) is 2. The lowest BCUT2D eigenvalue weighted by molar-refractivity contribution is -0.128. The molecule has 0 unspecified atom stereocenters. The van der Waals surface area contributed by atoms with Gasteiger partial charge in [-0.1, -0.05) is 32.0 Å². The standard InChI is InChI=1S/C24H31NO3/c1-4-22(19-11-10-17-8-6-7-9-18(17)16-19)25-24(26)23(5-2)28-21-14-12-20(27-3)13-15-21/h10-16,22-23H,4-9H2,1-3H3,(H,25,26)/t22-,23-/m0/s1. The predicted octanol–water partition coefficient (Wildman–Crippen LogP) is 5.00. The van der Waals surface area contributed by atoms with E-state index >= 15 is 0 Å².